The van der Waals surface area contributed by atoms with E-state index in [2.05, 4.69) is 10.6 Å². The maximum Gasteiger partial charge on any atom is 0.321 e. The Morgan fingerprint density at radius 3 is 2.76 bits per heavy atom. The van der Waals surface area contributed by atoms with Crippen LogP contribution in [0.1, 0.15) is 25.0 Å². The first-order chi connectivity index (χ1) is 9.77. The molecule has 0 saturated carbocycles. The normalized spacial score (nSPS) is 12.1. The number of nitrogens with one attached hydrogen (secondary N) is 3. The van der Waals surface area contributed by atoms with Crippen molar-refractivity contribution in [2.24, 2.45) is 0 Å². The smallest absolute Gasteiger partial charge is 0.321 e. The van der Waals surface area contributed by atoms with Crippen molar-refractivity contribution >= 4 is 17.8 Å². The minimum absolute atomic E-state index is 0.217. The number of amides is 1. The molecule has 0 spiro atoms. The molecule has 0 aromatic heterocycles. The fourth-order valence-corrected chi connectivity index (χ4v) is 1.58. The van der Waals surface area contributed by atoms with Crippen LogP contribution in [0, 0.1) is 16.7 Å². The summed E-state index contributed by atoms with van der Waals surface area (Å²) < 4.78 is 25.5. The maximum atomic E-state index is 12.7. The summed E-state index contributed by atoms with van der Waals surface area (Å²) in [6.07, 6.45) is 1.09. The number of hydrogen-bond donors (Lipinski definition) is 3. The van der Waals surface area contributed by atoms with Gasteiger partial charge in [0, 0.05) is 37.0 Å². The van der Waals surface area contributed by atoms with Gasteiger partial charge in [0.05, 0.1) is 11.6 Å². The summed E-state index contributed by atoms with van der Waals surface area (Å²) in [6.45, 7) is 2.34. The van der Waals surface area contributed by atoms with Crippen LogP contribution in [0.15, 0.2) is 18.2 Å². The molecular weight excluding hydrogens is 278 g/mol. The molecule has 1 aromatic rings. The summed E-state index contributed by atoms with van der Waals surface area (Å²) in [5.74, 6) is -4.74. The van der Waals surface area contributed by atoms with Gasteiger partial charge in [0.1, 0.15) is 0 Å². The molecule has 1 amide bonds. The molecule has 5 nitrogen and oxygen atoms in total. The Balaban J connectivity index is 2.65. The van der Waals surface area contributed by atoms with E-state index >= 15 is 0 Å². The van der Waals surface area contributed by atoms with Gasteiger partial charge in [-0.15, -0.1) is 0 Å². The van der Waals surface area contributed by atoms with Crippen molar-refractivity contribution in [2.45, 2.75) is 25.8 Å². The molecule has 7 heteroatoms. The SMILES string of the molecule is CC(CNc1ccc(C#N)cc1C=N)NC(=O)C(C)(F)F. The van der Waals surface area contributed by atoms with E-state index in [1.807, 2.05) is 6.07 Å². The zero-order valence-electron chi connectivity index (χ0n) is 11.7. The average molecular weight is 294 g/mol. The largest absolute Gasteiger partial charge is 0.382 e. The summed E-state index contributed by atoms with van der Waals surface area (Å²) in [6, 6.07) is 6.20. The molecule has 1 unspecified atom stereocenters. The topological polar surface area (TPSA) is 88.8 Å². The molecule has 0 aliphatic carbocycles. The lowest BCUT2D eigenvalue weighted by Gasteiger charge is -2.18. The molecule has 1 aromatic carbocycles. The highest BCUT2D eigenvalue weighted by Gasteiger charge is 2.32. The number of benzene rings is 1. The van der Waals surface area contributed by atoms with E-state index in [1.165, 1.54) is 0 Å². The number of hydrogen-bond acceptors (Lipinski definition) is 4. The van der Waals surface area contributed by atoms with E-state index < -0.39 is 17.9 Å². The second-order valence-corrected chi connectivity index (χ2v) is 4.70. The molecule has 1 rings (SSSR count). The molecule has 0 fully saturated rings. The first-order valence-corrected chi connectivity index (χ1v) is 6.25. The van der Waals surface area contributed by atoms with Gasteiger partial charge >= 0.3 is 5.92 Å². The highest BCUT2D eigenvalue weighted by Crippen LogP contribution is 2.16. The van der Waals surface area contributed by atoms with Gasteiger partial charge in [0.25, 0.3) is 5.91 Å². The number of alkyl halides is 2. The summed E-state index contributed by atoms with van der Waals surface area (Å²) >= 11 is 0. The third kappa shape index (κ3) is 4.84. The van der Waals surface area contributed by atoms with Gasteiger partial charge in [0.2, 0.25) is 0 Å². The fourth-order valence-electron chi connectivity index (χ4n) is 1.58. The Bertz CT molecular complexity index is 575. The third-order valence-electron chi connectivity index (χ3n) is 2.71. The van der Waals surface area contributed by atoms with E-state index in [0.29, 0.717) is 23.7 Å². The Hall–Kier alpha value is -2.49. The number of carbonyl (C=O) groups is 1. The van der Waals surface area contributed by atoms with Crippen molar-refractivity contribution in [3.8, 4) is 6.07 Å². The fraction of sp³-hybridized carbons (Fsp3) is 0.357. The van der Waals surface area contributed by atoms with Crippen molar-refractivity contribution in [3.05, 3.63) is 29.3 Å². The van der Waals surface area contributed by atoms with Crippen LogP contribution in [0.2, 0.25) is 0 Å². The first kappa shape index (κ1) is 16.6. The molecule has 0 aliphatic heterocycles. The van der Waals surface area contributed by atoms with Gasteiger partial charge in [-0.05, 0) is 25.1 Å². The van der Waals surface area contributed by atoms with Gasteiger partial charge in [-0.1, -0.05) is 0 Å². The van der Waals surface area contributed by atoms with Gasteiger partial charge in [-0.2, -0.15) is 14.0 Å². The average Bonchev–Trinajstić information content (AvgIpc) is 2.43. The van der Waals surface area contributed by atoms with Crippen molar-refractivity contribution < 1.29 is 13.6 Å². The Morgan fingerprint density at radius 1 is 1.57 bits per heavy atom. The van der Waals surface area contributed by atoms with E-state index in [-0.39, 0.29) is 6.54 Å². The van der Waals surface area contributed by atoms with Crippen molar-refractivity contribution in [1.29, 1.82) is 10.7 Å². The Kier molecular flexibility index (Phi) is 5.36. The lowest BCUT2D eigenvalue weighted by Crippen LogP contribution is -2.45. The Morgan fingerprint density at radius 2 is 2.24 bits per heavy atom. The summed E-state index contributed by atoms with van der Waals surface area (Å²) in [5.41, 5.74) is 1.52. The van der Waals surface area contributed by atoms with E-state index in [4.69, 9.17) is 10.7 Å². The summed E-state index contributed by atoms with van der Waals surface area (Å²) in [5, 5.41) is 21.2. The van der Waals surface area contributed by atoms with Crippen LogP contribution in [-0.4, -0.2) is 30.6 Å². The molecule has 3 N–H and O–H groups in total. The second-order valence-electron chi connectivity index (χ2n) is 4.70. The molecule has 0 radical (unpaired) electrons. The molecular formula is C14H16F2N4O. The number of halogens is 2. The summed E-state index contributed by atoms with van der Waals surface area (Å²) in [4.78, 5) is 11.1. The highest BCUT2D eigenvalue weighted by atomic mass is 19.3. The predicted molar refractivity (Wildman–Crippen MR) is 75.8 cm³/mol. The minimum atomic E-state index is -3.41. The van der Waals surface area contributed by atoms with Crippen LogP contribution in [-0.2, 0) is 4.79 Å². The molecule has 1 atom stereocenters. The zero-order valence-corrected chi connectivity index (χ0v) is 11.7. The van der Waals surface area contributed by atoms with Gasteiger partial charge in [-0.3, -0.25) is 4.79 Å². The molecule has 0 heterocycles. The lowest BCUT2D eigenvalue weighted by molar-refractivity contribution is -0.143. The quantitative estimate of drug-likeness (QED) is 0.702. The van der Waals surface area contributed by atoms with Crippen LogP contribution in [0.5, 0.6) is 0 Å². The third-order valence-corrected chi connectivity index (χ3v) is 2.71. The van der Waals surface area contributed by atoms with Gasteiger partial charge < -0.3 is 16.0 Å². The van der Waals surface area contributed by atoms with Crippen LogP contribution < -0.4 is 10.6 Å². The van der Waals surface area contributed by atoms with Crippen LogP contribution in [0.4, 0.5) is 14.5 Å². The molecule has 0 saturated heterocycles. The number of nitrogens with zero attached hydrogens (tertiary/aromatic N) is 1. The molecule has 0 aliphatic rings. The number of rotatable bonds is 6. The van der Waals surface area contributed by atoms with Crippen LogP contribution >= 0.6 is 0 Å². The van der Waals surface area contributed by atoms with Gasteiger partial charge in [0.15, 0.2) is 0 Å². The summed E-state index contributed by atoms with van der Waals surface area (Å²) in [7, 11) is 0. The van der Waals surface area contributed by atoms with Crippen LogP contribution in [0.25, 0.3) is 0 Å². The van der Waals surface area contributed by atoms with Crippen molar-refractivity contribution in [3.63, 3.8) is 0 Å². The van der Waals surface area contributed by atoms with Crippen LogP contribution in [0.3, 0.4) is 0 Å². The monoisotopic (exact) mass is 294 g/mol. The number of nitriles is 1. The van der Waals surface area contributed by atoms with Crippen molar-refractivity contribution in [2.75, 3.05) is 11.9 Å². The second kappa shape index (κ2) is 6.79. The standard InChI is InChI=1S/C14H16F2N4O/c1-9(20-13(21)14(2,15)16)8-19-12-4-3-10(6-17)5-11(12)7-18/h3-5,7,9,18-19H,8H2,1-2H3,(H,20,21). The van der Waals surface area contributed by atoms with Gasteiger partial charge in [-0.25, -0.2) is 0 Å². The minimum Gasteiger partial charge on any atom is -0.382 e. The van der Waals surface area contributed by atoms with E-state index in [9.17, 15) is 13.6 Å². The first-order valence-electron chi connectivity index (χ1n) is 6.25. The predicted octanol–water partition coefficient (Wildman–Crippen LogP) is 2.13. The van der Waals surface area contributed by atoms with E-state index in [1.54, 1.807) is 25.1 Å². The molecule has 112 valence electrons. The lowest BCUT2D eigenvalue weighted by atomic mass is 10.1. The molecule has 21 heavy (non-hydrogen) atoms. The number of anilines is 1. The molecule has 0 bridgehead atoms. The highest BCUT2D eigenvalue weighted by molar-refractivity contribution is 5.86. The number of carbonyl (C=O) groups excluding carboxylic acids is 1. The Labute approximate surface area is 121 Å². The maximum absolute atomic E-state index is 12.7. The van der Waals surface area contributed by atoms with Crippen molar-refractivity contribution in [1.82, 2.24) is 5.32 Å². The zero-order chi connectivity index (χ0) is 16.0. The van der Waals surface area contributed by atoms with E-state index in [0.717, 1.165) is 6.21 Å².